The summed E-state index contributed by atoms with van der Waals surface area (Å²) in [5, 5.41) is 8.08. The molecule has 1 atom stereocenters. The van der Waals surface area contributed by atoms with Gasteiger partial charge in [0.1, 0.15) is 0 Å². The van der Waals surface area contributed by atoms with E-state index >= 15 is 0 Å². The lowest BCUT2D eigenvalue weighted by Gasteiger charge is -1.99. The molecule has 0 bridgehead atoms. The minimum atomic E-state index is 0.145. The fraction of sp³-hybridized carbons (Fsp3) is 0.333. The summed E-state index contributed by atoms with van der Waals surface area (Å²) in [5.41, 5.74) is 1.15. The molecule has 0 aliphatic rings. The van der Waals surface area contributed by atoms with E-state index in [9.17, 15) is 0 Å². The molecule has 0 fully saturated rings. The minimum absolute atomic E-state index is 0.145. The van der Waals surface area contributed by atoms with Crippen molar-refractivity contribution in [3.63, 3.8) is 0 Å². The van der Waals surface area contributed by atoms with Crippen LogP contribution in [0.15, 0.2) is 33.2 Å². The van der Waals surface area contributed by atoms with Crippen molar-refractivity contribution in [2.75, 3.05) is 0 Å². The lowest BCUT2D eigenvalue weighted by atomic mass is 10.1. The second kappa shape index (κ2) is 5.78. The number of aromatic nitrogens is 2. The number of benzene rings is 1. The van der Waals surface area contributed by atoms with Gasteiger partial charge in [0.2, 0.25) is 11.8 Å². The van der Waals surface area contributed by atoms with Crippen LogP contribution in [0, 0.1) is 0 Å². The summed E-state index contributed by atoms with van der Waals surface area (Å²) >= 11 is 6.93. The van der Waals surface area contributed by atoms with Crippen LogP contribution in [0.1, 0.15) is 35.5 Å². The van der Waals surface area contributed by atoms with Crippen molar-refractivity contribution in [1.82, 2.24) is 10.2 Å². The highest BCUT2D eigenvalue weighted by Crippen LogP contribution is 2.25. The molecule has 2 rings (SSSR count). The highest BCUT2D eigenvalue weighted by atomic mass is 79.9. The van der Waals surface area contributed by atoms with Crippen LogP contribution in [0.3, 0.4) is 0 Å². The van der Waals surface area contributed by atoms with Gasteiger partial charge in [-0.3, -0.25) is 0 Å². The molecule has 0 amide bonds. The van der Waals surface area contributed by atoms with Gasteiger partial charge < -0.3 is 4.42 Å². The summed E-state index contributed by atoms with van der Waals surface area (Å²) in [7, 11) is 0. The zero-order chi connectivity index (χ0) is 12.3. The summed E-state index contributed by atoms with van der Waals surface area (Å²) in [6.07, 6.45) is 1.59. The first-order chi connectivity index (χ1) is 8.19. The van der Waals surface area contributed by atoms with Crippen molar-refractivity contribution in [2.24, 2.45) is 0 Å². The molecule has 5 heteroatoms. The van der Waals surface area contributed by atoms with E-state index in [0.29, 0.717) is 18.2 Å². The molecule has 1 heterocycles. The third-order valence-electron chi connectivity index (χ3n) is 2.35. The number of rotatable bonds is 4. The van der Waals surface area contributed by atoms with Crippen molar-refractivity contribution in [1.29, 1.82) is 0 Å². The highest BCUT2D eigenvalue weighted by molar-refractivity contribution is 9.10. The largest absolute Gasteiger partial charge is 0.424 e. The molecule has 0 radical (unpaired) electrons. The zero-order valence-corrected chi connectivity index (χ0v) is 12.5. The summed E-state index contributed by atoms with van der Waals surface area (Å²) in [5.74, 6) is 1.30. The molecular weight excluding hydrogens is 348 g/mol. The Bertz CT molecular complexity index is 499. The van der Waals surface area contributed by atoms with Gasteiger partial charge in [0.05, 0.1) is 11.2 Å². The number of halogens is 2. The van der Waals surface area contributed by atoms with Crippen LogP contribution in [0.25, 0.3) is 0 Å². The highest BCUT2D eigenvalue weighted by Gasteiger charge is 2.13. The average molecular weight is 360 g/mol. The third kappa shape index (κ3) is 3.39. The quantitative estimate of drug-likeness (QED) is 0.765. The number of hydrogen-bond acceptors (Lipinski definition) is 3. The number of nitrogens with zero attached hydrogens (tertiary/aromatic N) is 2. The normalized spacial score (nSPS) is 12.6. The lowest BCUT2D eigenvalue weighted by molar-refractivity contribution is 0.454. The van der Waals surface area contributed by atoms with Gasteiger partial charge in [-0.2, -0.15) is 0 Å². The molecule has 0 N–H and O–H groups in total. The molecule has 1 aromatic heterocycles. The van der Waals surface area contributed by atoms with Crippen LogP contribution >= 0.6 is 31.9 Å². The maximum atomic E-state index is 5.60. The van der Waals surface area contributed by atoms with Crippen molar-refractivity contribution >= 4 is 31.9 Å². The maximum absolute atomic E-state index is 5.60. The van der Waals surface area contributed by atoms with Gasteiger partial charge in [0, 0.05) is 4.47 Å². The smallest absolute Gasteiger partial charge is 0.230 e. The van der Waals surface area contributed by atoms with Gasteiger partial charge in [-0.25, -0.2) is 0 Å². The number of hydrogen-bond donors (Lipinski definition) is 0. The lowest BCUT2D eigenvalue weighted by Crippen LogP contribution is -1.87. The van der Waals surface area contributed by atoms with Gasteiger partial charge in [0.25, 0.3) is 0 Å². The molecule has 90 valence electrons. The van der Waals surface area contributed by atoms with Crippen molar-refractivity contribution in [3.8, 4) is 0 Å². The van der Waals surface area contributed by atoms with E-state index in [1.54, 1.807) is 0 Å². The Morgan fingerprint density at radius 1 is 1.35 bits per heavy atom. The fourth-order valence-corrected chi connectivity index (χ4v) is 2.09. The SMILES string of the molecule is CCC(Br)c1nnc(Cc2cccc(Br)c2)o1. The third-order valence-corrected chi connectivity index (χ3v) is 3.89. The molecule has 1 unspecified atom stereocenters. The molecule has 0 saturated carbocycles. The molecule has 0 aliphatic carbocycles. The van der Waals surface area contributed by atoms with Crippen molar-refractivity contribution in [2.45, 2.75) is 24.6 Å². The van der Waals surface area contributed by atoms with Gasteiger partial charge in [-0.05, 0) is 24.1 Å². The Labute approximate surface area is 117 Å². The Morgan fingerprint density at radius 2 is 2.18 bits per heavy atom. The first kappa shape index (κ1) is 12.8. The first-order valence-electron chi connectivity index (χ1n) is 5.40. The van der Waals surface area contributed by atoms with Crippen LogP contribution in [0.5, 0.6) is 0 Å². The van der Waals surface area contributed by atoms with E-state index in [-0.39, 0.29) is 4.83 Å². The molecule has 0 spiro atoms. The van der Waals surface area contributed by atoms with E-state index in [1.807, 2.05) is 18.2 Å². The van der Waals surface area contributed by atoms with Crippen LogP contribution < -0.4 is 0 Å². The molecule has 2 aromatic rings. The number of alkyl halides is 1. The summed E-state index contributed by atoms with van der Waals surface area (Å²) in [6.45, 7) is 2.07. The second-order valence-electron chi connectivity index (χ2n) is 3.72. The van der Waals surface area contributed by atoms with E-state index in [1.165, 1.54) is 0 Å². The molecule has 3 nitrogen and oxygen atoms in total. The van der Waals surface area contributed by atoms with Crippen molar-refractivity contribution in [3.05, 3.63) is 46.1 Å². The second-order valence-corrected chi connectivity index (χ2v) is 5.74. The summed E-state index contributed by atoms with van der Waals surface area (Å²) in [6, 6.07) is 8.08. The summed E-state index contributed by atoms with van der Waals surface area (Å²) < 4.78 is 6.65. The van der Waals surface area contributed by atoms with Crippen LogP contribution in [0.2, 0.25) is 0 Å². The Balaban J connectivity index is 2.11. The average Bonchev–Trinajstić information content (AvgIpc) is 2.76. The Hall–Kier alpha value is -0.680. The minimum Gasteiger partial charge on any atom is -0.424 e. The Morgan fingerprint density at radius 3 is 2.88 bits per heavy atom. The molecule has 0 aliphatic heterocycles. The van der Waals surface area contributed by atoms with Gasteiger partial charge in [-0.1, -0.05) is 50.9 Å². The fourth-order valence-electron chi connectivity index (χ4n) is 1.46. The molecular formula is C12H12Br2N2O. The van der Waals surface area contributed by atoms with Gasteiger partial charge >= 0.3 is 0 Å². The van der Waals surface area contributed by atoms with E-state index in [0.717, 1.165) is 16.5 Å². The molecule has 17 heavy (non-hydrogen) atoms. The Kier molecular flexibility index (Phi) is 4.34. The van der Waals surface area contributed by atoms with Crippen LogP contribution in [-0.4, -0.2) is 10.2 Å². The van der Waals surface area contributed by atoms with Gasteiger partial charge in [-0.15, -0.1) is 10.2 Å². The molecule has 0 saturated heterocycles. The predicted octanol–water partition coefficient (Wildman–Crippen LogP) is 4.27. The van der Waals surface area contributed by atoms with Crippen LogP contribution in [0.4, 0.5) is 0 Å². The first-order valence-corrected chi connectivity index (χ1v) is 7.10. The van der Waals surface area contributed by atoms with E-state index in [4.69, 9.17) is 4.42 Å². The van der Waals surface area contributed by atoms with Crippen molar-refractivity contribution < 1.29 is 4.42 Å². The van der Waals surface area contributed by atoms with Gasteiger partial charge in [0.15, 0.2) is 0 Å². The topological polar surface area (TPSA) is 38.9 Å². The molecule has 1 aromatic carbocycles. The summed E-state index contributed by atoms with van der Waals surface area (Å²) in [4.78, 5) is 0.145. The monoisotopic (exact) mass is 358 g/mol. The standard InChI is InChI=1S/C12H12Br2N2O/c1-2-10(14)12-16-15-11(17-12)7-8-4-3-5-9(13)6-8/h3-6,10H,2,7H2,1H3. The zero-order valence-electron chi connectivity index (χ0n) is 9.36. The van der Waals surface area contributed by atoms with Crippen LogP contribution in [-0.2, 0) is 6.42 Å². The maximum Gasteiger partial charge on any atom is 0.230 e. The predicted molar refractivity (Wildman–Crippen MR) is 73.2 cm³/mol. The van der Waals surface area contributed by atoms with E-state index in [2.05, 4.69) is 55.0 Å². The van der Waals surface area contributed by atoms with E-state index < -0.39 is 0 Å².